The van der Waals surface area contributed by atoms with Crippen molar-refractivity contribution >= 4 is 22.9 Å². The van der Waals surface area contributed by atoms with Crippen LogP contribution in [0.2, 0.25) is 0 Å². The van der Waals surface area contributed by atoms with E-state index in [9.17, 15) is 4.79 Å². The van der Waals surface area contributed by atoms with Gasteiger partial charge in [-0.15, -0.1) is 11.3 Å². The van der Waals surface area contributed by atoms with Gasteiger partial charge in [-0.3, -0.25) is 4.79 Å². The van der Waals surface area contributed by atoms with Crippen LogP contribution in [0.25, 0.3) is 0 Å². The van der Waals surface area contributed by atoms with Gasteiger partial charge in [-0.25, -0.2) is 0 Å². The van der Waals surface area contributed by atoms with E-state index < -0.39 is 0 Å². The Morgan fingerprint density at radius 2 is 2.31 bits per heavy atom. The molecule has 1 unspecified atom stereocenters. The van der Waals surface area contributed by atoms with Crippen molar-refractivity contribution in [3.05, 3.63) is 16.3 Å². The van der Waals surface area contributed by atoms with Crippen molar-refractivity contribution in [2.45, 2.75) is 38.6 Å². The molecule has 4 heteroatoms. The SMILES string of the molecule is CC1CCCCCN1C(=O)c1sccc1N. The lowest BCUT2D eigenvalue weighted by molar-refractivity contribution is 0.0704. The average Bonchev–Trinajstić information content (AvgIpc) is 2.56. The molecule has 1 aromatic heterocycles. The number of likely N-dealkylation sites (tertiary alicyclic amines) is 1. The van der Waals surface area contributed by atoms with Gasteiger partial charge in [0.15, 0.2) is 0 Å². The fourth-order valence-electron chi connectivity index (χ4n) is 2.20. The smallest absolute Gasteiger partial charge is 0.266 e. The highest BCUT2D eigenvalue weighted by Crippen LogP contribution is 2.24. The second-order valence-electron chi connectivity index (χ2n) is 4.40. The summed E-state index contributed by atoms with van der Waals surface area (Å²) in [4.78, 5) is 15.0. The predicted octanol–water partition coefficient (Wildman–Crippen LogP) is 2.74. The molecule has 2 N–H and O–H groups in total. The number of anilines is 1. The highest BCUT2D eigenvalue weighted by molar-refractivity contribution is 7.12. The summed E-state index contributed by atoms with van der Waals surface area (Å²) in [5.74, 6) is 0.113. The van der Waals surface area contributed by atoms with Gasteiger partial charge in [-0.2, -0.15) is 0 Å². The molecular formula is C12H18N2OS. The van der Waals surface area contributed by atoms with Gasteiger partial charge < -0.3 is 10.6 Å². The number of nitrogens with two attached hydrogens (primary N) is 1. The Labute approximate surface area is 100 Å². The van der Waals surface area contributed by atoms with E-state index in [1.54, 1.807) is 6.07 Å². The molecule has 1 saturated heterocycles. The molecule has 1 aliphatic rings. The van der Waals surface area contributed by atoms with E-state index in [0.29, 0.717) is 16.6 Å². The van der Waals surface area contributed by atoms with Crippen LogP contribution in [0.5, 0.6) is 0 Å². The fraction of sp³-hybridized carbons (Fsp3) is 0.583. The zero-order chi connectivity index (χ0) is 11.5. The second kappa shape index (κ2) is 4.87. The largest absolute Gasteiger partial charge is 0.397 e. The number of thiophene rings is 1. The van der Waals surface area contributed by atoms with E-state index in [2.05, 4.69) is 6.92 Å². The first-order chi connectivity index (χ1) is 7.70. The molecule has 1 fully saturated rings. The summed E-state index contributed by atoms with van der Waals surface area (Å²) < 4.78 is 0. The minimum Gasteiger partial charge on any atom is -0.397 e. The van der Waals surface area contributed by atoms with Crippen LogP contribution in [0.15, 0.2) is 11.4 Å². The maximum atomic E-state index is 12.3. The van der Waals surface area contributed by atoms with E-state index in [-0.39, 0.29) is 5.91 Å². The van der Waals surface area contributed by atoms with Crippen LogP contribution >= 0.6 is 11.3 Å². The predicted molar refractivity (Wildman–Crippen MR) is 67.7 cm³/mol. The molecule has 1 aliphatic heterocycles. The molecule has 0 aliphatic carbocycles. The summed E-state index contributed by atoms with van der Waals surface area (Å²) in [5, 5.41) is 1.88. The van der Waals surface area contributed by atoms with Gasteiger partial charge in [0.25, 0.3) is 5.91 Å². The minimum atomic E-state index is 0.113. The summed E-state index contributed by atoms with van der Waals surface area (Å²) in [6.07, 6.45) is 4.68. The van der Waals surface area contributed by atoms with E-state index in [0.717, 1.165) is 19.4 Å². The van der Waals surface area contributed by atoms with Crippen LogP contribution in [0, 0.1) is 0 Å². The van der Waals surface area contributed by atoms with Crippen molar-refractivity contribution in [2.24, 2.45) is 0 Å². The number of carbonyl (C=O) groups is 1. The number of hydrogen-bond donors (Lipinski definition) is 1. The molecule has 0 saturated carbocycles. The molecule has 3 nitrogen and oxygen atoms in total. The van der Waals surface area contributed by atoms with Gasteiger partial charge in [0.1, 0.15) is 4.88 Å². The zero-order valence-corrected chi connectivity index (χ0v) is 10.4. The maximum absolute atomic E-state index is 12.3. The molecule has 88 valence electrons. The molecule has 1 aromatic rings. The lowest BCUT2D eigenvalue weighted by atomic mass is 10.1. The quantitative estimate of drug-likeness (QED) is 0.817. The average molecular weight is 238 g/mol. The highest BCUT2D eigenvalue weighted by Gasteiger charge is 2.24. The van der Waals surface area contributed by atoms with Crippen molar-refractivity contribution < 1.29 is 4.79 Å². The van der Waals surface area contributed by atoms with Crippen LogP contribution in [-0.4, -0.2) is 23.4 Å². The van der Waals surface area contributed by atoms with Crippen molar-refractivity contribution in [1.29, 1.82) is 0 Å². The Balaban J connectivity index is 2.17. The first kappa shape index (κ1) is 11.5. The number of amides is 1. The van der Waals surface area contributed by atoms with Gasteiger partial charge in [0, 0.05) is 12.6 Å². The van der Waals surface area contributed by atoms with E-state index in [4.69, 9.17) is 5.73 Å². The Morgan fingerprint density at radius 1 is 1.50 bits per heavy atom. The Kier molecular flexibility index (Phi) is 3.49. The molecule has 0 aromatic carbocycles. The number of hydrogen-bond acceptors (Lipinski definition) is 3. The molecule has 16 heavy (non-hydrogen) atoms. The topological polar surface area (TPSA) is 46.3 Å². The summed E-state index contributed by atoms with van der Waals surface area (Å²) in [6.45, 7) is 3.00. The number of nitrogen functional groups attached to an aromatic ring is 1. The molecule has 2 heterocycles. The normalized spacial score (nSPS) is 21.8. The Bertz CT molecular complexity index is 375. The number of nitrogens with zero attached hydrogens (tertiary/aromatic N) is 1. The lowest BCUT2D eigenvalue weighted by Crippen LogP contribution is -2.38. The van der Waals surface area contributed by atoms with Crippen molar-refractivity contribution in [3.8, 4) is 0 Å². The standard InChI is InChI=1S/C12H18N2OS/c1-9-5-3-2-4-7-14(9)12(15)11-10(13)6-8-16-11/h6,8-9H,2-5,7,13H2,1H3. The monoisotopic (exact) mass is 238 g/mol. The summed E-state index contributed by atoms with van der Waals surface area (Å²) in [5.41, 5.74) is 6.41. The van der Waals surface area contributed by atoms with Crippen molar-refractivity contribution in [3.63, 3.8) is 0 Å². The highest BCUT2D eigenvalue weighted by atomic mass is 32.1. The molecule has 2 rings (SSSR count). The lowest BCUT2D eigenvalue weighted by Gasteiger charge is -2.26. The van der Waals surface area contributed by atoms with Gasteiger partial charge in [0.2, 0.25) is 0 Å². The molecule has 1 amide bonds. The number of rotatable bonds is 1. The van der Waals surface area contributed by atoms with Crippen LogP contribution < -0.4 is 5.73 Å². The van der Waals surface area contributed by atoms with Gasteiger partial charge in [-0.05, 0) is 31.2 Å². The van der Waals surface area contributed by atoms with Crippen LogP contribution in [0.4, 0.5) is 5.69 Å². The van der Waals surface area contributed by atoms with E-state index >= 15 is 0 Å². The van der Waals surface area contributed by atoms with Crippen LogP contribution in [-0.2, 0) is 0 Å². The fourth-order valence-corrected chi connectivity index (χ4v) is 2.97. The van der Waals surface area contributed by atoms with Crippen LogP contribution in [0.3, 0.4) is 0 Å². The zero-order valence-electron chi connectivity index (χ0n) is 9.61. The molecular weight excluding hydrogens is 220 g/mol. The van der Waals surface area contributed by atoms with Crippen molar-refractivity contribution in [2.75, 3.05) is 12.3 Å². The number of carbonyl (C=O) groups excluding carboxylic acids is 1. The third kappa shape index (κ3) is 2.21. The van der Waals surface area contributed by atoms with Gasteiger partial charge >= 0.3 is 0 Å². The first-order valence-corrected chi connectivity index (χ1v) is 6.72. The molecule has 1 atom stereocenters. The molecule has 0 spiro atoms. The van der Waals surface area contributed by atoms with Crippen LogP contribution in [0.1, 0.15) is 42.3 Å². The minimum absolute atomic E-state index is 0.113. The van der Waals surface area contributed by atoms with Crippen molar-refractivity contribution in [1.82, 2.24) is 4.90 Å². The third-order valence-corrected chi connectivity index (χ3v) is 4.12. The maximum Gasteiger partial charge on any atom is 0.266 e. The second-order valence-corrected chi connectivity index (χ2v) is 5.32. The van der Waals surface area contributed by atoms with E-state index in [1.807, 2.05) is 10.3 Å². The summed E-state index contributed by atoms with van der Waals surface area (Å²) in [6, 6.07) is 2.15. The Morgan fingerprint density at radius 3 is 3.00 bits per heavy atom. The molecule has 0 radical (unpaired) electrons. The van der Waals surface area contributed by atoms with Gasteiger partial charge in [0.05, 0.1) is 5.69 Å². The summed E-state index contributed by atoms with van der Waals surface area (Å²) >= 11 is 1.44. The van der Waals surface area contributed by atoms with Gasteiger partial charge in [-0.1, -0.05) is 12.8 Å². The first-order valence-electron chi connectivity index (χ1n) is 5.84. The van der Waals surface area contributed by atoms with E-state index in [1.165, 1.54) is 24.2 Å². The third-order valence-electron chi connectivity index (χ3n) is 3.20. The summed E-state index contributed by atoms with van der Waals surface area (Å²) in [7, 11) is 0. The molecule has 0 bridgehead atoms. The Hall–Kier alpha value is -1.03.